The SMILES string of the molecule is COC(=O)C(Cc1ccc(F)cc1)/C(C)=N/Nc1ccccc1. The van der Waals surface area contributed by atoms with E-state index >= 15 is 0 Å². The number of methoxy groups -OCH3 is 1. The highest BCUT2D eigenvalue weighted by Gasteiger charge is 2.23. The van der Waals surface area contributed by atoms with Crippen LogP contribution in [0.15, 0.2) is 59.7 Å². The van der Waals surface area contributed by atoms with Crippen LogP contribution in [0, 0.1) is 11.7 Å². The van der Waals surface area contributed by atoms with Crippen molar-refractivity contribution in [2.75, 3.05) is 12.5 Å². The van der Waals surface area contributed by atoms with E-state index in [9.17, 15) is 9.18 Å². The van der Waals surface area contributed by atoms with E-state index in [4.69, 9.17) is 4.74 Å². The first-order chi connectivity index (χ1) is 11.1. The van der Waals surface area contributed by atoms with Crippen LogP contribution in [0.25, 0.3) is 0 Å². The number of nitrogens with zero attached hydrogens (tertiary/aromatic N) is 1. The summed E-state index contributed by atoms with van der Waals surface area (Å²) in [5.41, 5.74) is 5.20. The Bertz CT molecular complexity index is 669. The van der Waals surface area contributed by atoms with E-state index < -0.39 is 5.92 Å². The summed E-state index contributed by atoms with van der Waals surface area (Å²) in [7, 11) is 1.35. The lowest BCUT2D eigenvalue weighted by molar-refractivity contribution is -0.143. The maximum absolute atomic E-state index is 13.0. The molecule has 120 valence electrons. The molecule has 0 radical (unpaired) electrons. The fourth-order valence-electron chi connectivity index (χ4n) is 2.14. The van der Waals surface area contributed by atoms with Crippen molar-refractivity contribution in [1.29, 1.82) is 0 Å². The Kier molecular flexibility index (Phi) is 5.86. The fourth-order valence-corrected chi connectivity index (χ4v) is 2.14. The Balaban J connectivity index is 2.13. The second kappa shape index (κ2) is 8.08. The summed E-state index contributed by atoms with van der Waals surface area (Å²) < 4.78 is 17.9. The van der Waals surface area contributed by atoms with Gasteiger partial charge in [0.1, 0.15) is 11.7 Å². The topological polar surface area (TPSA) is 50.7 Å². The molecular weight excluding hydrogens is 295 g/mol. The summed E-state index contributed by atoms with van der Waals surface area (Å²) in [5, 5.41) is 4.27. The molecule has 5 heteroatoms. The van der Waals surface area contributed by atoms with Gasteiger partial charge < -0.3 is 4.74 Å². The number of anilines is 1. The monoisotopic (exact) mass is 314 g/mol. The molecule has 1 unspecified atom stereocenters. The molecule has 2 rings (SSSR count). The van der Waals surface area contributed by atoms with E-state index in [0.29, 0.717) is 12.1 Å². The number of hydrogen-bond acceptors (Lipinski definition) is 4. The van der Waals surface area contributed by atoms with E-state index in [1.807, 2.05) is 30.3 Å². The molecule has 0 heterocycles. The number of carbonyl (C=O) groups excluding carboxylic acids is 1. The molecule has 0 fully saturated rings. The molecule has 0 saturated carbocycles. The van der Waals surface area contributed by atoms with Gasteiger partial charge in [0.15, 0.2) is 0 Å². The predicted octanol–water partition coefficient (Wildman–Crippen LogP) is 3.65. The highest BCUT2D eigenvalue weighted by molar-refractivity contribution is 6.01. The van der Waals surface area contributed by atoms with Gasteiger partial charge in [-0.15, -0.1) is 0 Å². The zero-order valence-electron chi connectivity index (χ0n) is 13.1. The smallest absolute Gasteiger partial charge is 0.314 e. The van der Waals surface area contributed by atoms with Crippen molar-refractivity contribution in [3.8, 4) is 0 Å². The summed E-state index contributed by atoms with van der Waals surface area (Å²) >= 11 is 0. The highest BCUT2D eigenvalue weighted by Crippen LogP contribution is 2.14. The molecule has 2 aromatic carbocycles. The average Bonchev–Trinajstić information content (AvgIpc) is 2.59. The third kappa shape index (κ3) is 4.92. The van der Waals surface area contributed by atoms with Gasteiger partial charge in [-0.3, -0.25) is 10.2 Å². The van der Waals surface area contributed by atoms with E-state index in [-0.39, 0.29) is 11.8 Å². The van der Waals surface area contributed by atoms with Gasteiger partial charge in [-0.05, 0) is 43.2 Å². The minimum Gasteiger partial charge on any atom is -0.469 e. The van der Waals surface area contributed by atoms with Crippen LogP contribution in [0.5, 0.6) is 0 Å². The summed E-state index contributed by atoms with van der Waals surface area (Å²) in [5.74, 6) is -1.20. The molecule has 0 aliphatic rings. The number of hydrazone groups is 1. The van der Waals surface area contributed by atoms with E-state index in [2.05, 4.69) is 10.5 Å². The second-order valence-corrected chi connectivity index (χ2v) is 5.14. The number of esters is 1. The summed E-state index contributed by atoms with van der Waals surface area (Å²) in [6.07, 6.45) is 0.402. The van der Waals surface area contributed by atoms with Crippen LogP contribution in [-0.2, 0) is 16.0 Å². The molecule has 1 N–H and O–H groups in total. The normalized spacial score (nSPS) is 12.6. The Labute approximate surface area is 135 Å². The number of hydrogen-bond donors (Lipinski definition) is 1. The van der Waals surface area contributed by atoms with Gasteiger partial charge in [0, 0.05) is 5.71 Å². The number of nitrogens with one attached hydrogen (secondary N) is 1. The zero-order chi connectivity index (χ0) is 16.7. The van der Waals surface area contributed by atoms with E-state index in [1.54, 1.807) is 19.1 Å². The summed E-state index contributed by atoms with van der Waals surface area (Å²) in [4.78, 5) is 12.0. The fraction of sp³-hybridized carbons (Fsp3) is 0.222. The Morgan fingerprint density at radius 1 is 1.17 bits per heavy atom. The van der Waals surface area contributed by atoms with Gasteiger partial charge in [0.2, 0.25) is 0 Å². The Morgan fingerprint density at radius 3 is 2.43 bits per heavy atom. The molecule has 0 saturated heterocycles. The molecule has 4 nitrogen and oxygen atoms in total. The first kappa shape index (κ1) is 16.7. The lowest BCUT2D eigenvalue weighted by Crippen LogP contribution is -2.26. The van der Waals surface area contributed by atoms with Crippen molar-refractivity contribution in [2.24, 2.45) is 11.0 Å². The average molecular weight is 314 g/mol. The van der Waals surface area contributed by atoms with Gasteiger partial charge in [0.05, 0.1) is 12.8 Å². The standard InChI is InChI=1S/C18H19FN2O2/c1-13(20-21-16-6-4-3-5-7-16)17(18(22)23-2)12-14-8-10-15(19)11-9-14/h3-11,17,21H,12H2,1-2H3/b20-13+. The number of para-hydroxylation sites is 1. The molecule has 0 aliphatic heterocycles. The van der Waals surface area contributed by atoms with E-state index in [0.717, 1.165) is 11.3 Å². The van der Waals surface area contributed by atoms with Crippen molar-refractivity contribution in [2.45, 2.75) is 13.3 Å². The van der Waals surface area contributed by atoms with Crippen molar-refractivity contribution in [3.63, 3.8) is 0 Å². The van der Waals surface area contributed by atoms with Crippen LogP contribution in [0.2, 0.25) is 0 Å². The predicted molar refractivity (Wildman–Crippen MR) is 88.8 cm³/mol. The van der Waals surface area contributed by atoms with Gasteiger partial charge in [-0.2, -0.15) is 5.10 Å². The van der Waals surface area contributed by atoms with E-state index in [1.165, 1.54) is 19.2 Å². The number of benzene rings is 2. The van der Waals surface area contributed by atoms with Gasteiger partial charge in [0.25, 0.3) is 0 Å². The number of halogens is 1. The summed E-state index contributed by atoms with van der Waals surface area (Å²) in [6.45, 7) is 1.76. The lowest BCUT2D eigenvalue weighted by Gasteiger charge is -2.15. The third-order valence-electron chi connectivity index (χ3n) is 3.48. The van der Waals surface area contributed by atoms with Crippen molar-refractivity contribution >= 4 is 17.4 Å². The highest BCUT2D eigenvalue weighted by atomic mass is 19.1. The van der Waals surface area contributed by atoms with Crippen LogP contribution in [0.4, 0.5) is 10.1 Å². The molecule has 23 heavy (non-hydrogen) atoms. The van der Waals surface area contributed by atoms with Crippen LogP contribution >= 0.6 is 0 Å². The molecule has 0 aliphatic carbocycles. The summed E-state index contributed by atoms with van der Waals surface area (Å²) in [6, 6.07) is 15.5. The van der Waals surface area contributed by atoms with Crippen molar-refractivity contribution < 1.29 is 13.9 Å². The zero-order valence-corrected chi connectivity index (χ0v) is 13.1. The second-order valence-electron chi connectivity index (χ2n) is 5.14. The number of ether oxygens (including phenoxy) is 1. The van der Waals surface area contributed by atoms with Crippen LogP contribution in [-0.4, -0.2) is 18.8 Å². The largest absolute Gasteiger partial charge is 0.469 e. The van der Waals surface area contributed by atoms with Crippen molar-refractivity contribution in [1.82, 2.24) is 0 Å². The van der Waals surface area contributed by atoms with Gasteiger partial charge in [-0.25, -0.2) is 4.39 Å². The molecule has 1 atom stereocenters. The first-order valence-electron chi connectivity index (χ1n) is 7.27. The molecule has 0 spiro atoms. The molecule has 0 bridgehead atoms. The molecular formula is C18H19FN2O2. The number of rotatable bonds is 6. The Morgan fingerprint density at radius 2 is 1.83 bits per heavy atom. The minimum absolute atomic E-state index is 0.306. The van der Waals surface area contributed by atoms with Gasteiger partial charge in [-0.1, -0.05) is 30.3 Å². The maximum Gasteiger partial charge on any atom is 0.314 e. The quantitative estimate of drug-likeness (QED) is 0.503. The van der Waals surface area contributed by atoms with Crippen LogP contribution in [0.3, 0.4) is 0 Å². The van der Waals surface area contributed by atoms with Crippen molar-refractivity contribution in [3.05, 3.63) is 66.0 Å². The van der Waals surface area contributed by atoms with Gasteiger partial charge >= 0.3 is 5.97 Å². The van der Waals surface area contributed by atoms with Crippen LogP contribution in [0.1, 0.15) is 12.5 Å². The molecule has 0 amide bonds. The van der Waals surface area contributed by atoms with Crippen LogP contribution < -0.4 is 5.43 Å². The third-order valence-corrected chi connectivity index (χ3v) is 3.48. The molecule has 0 aromatic heterocycles. The molecule has 2 aromatic rings. The lowest BCUT2D eigenvalue weighted by atomic mass is 9.95. The maximum atomic E-state index is 13.0. The Hall–Kier alpha value is -2.69. The minimum atomic E-state index is -0.526. The number of carbonyl (C=O) groups is 1. The first-order valence-corrected chi connectivity index (χ1v) is 7.27.